The molecule has 0 aromatic heterocycles. The number of aliphatic carboxylic acids is 1. The first-order valence-corrected chi connectivity index (χ1v) is 5.43. The number of carboxylic acid groups (broad SMARTS) is 1. The molecule has 5 heteroatoms. The van der Waals surface area contributed by atoms with E-state index in [4.69, 9.17) is 15.6 Å². The Kier molecular flexibility index (Phi) is 3.02. The van der Waals surface area contributed by atoms with Crippen molar-refractivity contribution in [3.05, 3.63) is 29.1 Å². The molecule has 3 N–H and O–H groups in total. The smallest absolute Gasteiger partial charge is 0.310 e. The first kappa shape index (κ1) is 11.9. The zero-order chi connectivity index (χ0) is 12.6. The maximum absolute atomic E-state index is 13.7. The molecule has 0 amide bonds. The second-order valence-corrected chi connectivity index (χ2v) is 4.24. The highest BCUT2D eigenvalue weighted by atomic mass is 19.1. The van der Waals surface area contributed by atoms with Crippen molar-refractivity contribution >= 4 is 5.97 Å². The number of rotatable bonds is 2. The number of carbonyl (C=O) groups is 1. The summed E-state index contributed by atoms with van der Waals surface area (Å²) in [6, 6.07) is 3.03. The van der Waals surface area contributed by atoms with Crippen molar-refractivity contribution in [2.75, 3.05) is 0 Å². The summed E-state index contributed by atoms with van der Waals surface area (Å²) in [5.74, 6) is -1.89. The Hall–Kier alpha value is -1.62. The number of nitrogens with two attached hydrogens (primary N) is 1. The first-order chi connectivity index (χ1) is 8.02. The third-order valence-corrected chi connectivity index (χ3v) is 3.04. The maximum Gasteiger partial charge on any atom is 0.310 e. The van der Waals surface area contributed by atoms with Crippen LogP contribution in [0.1, 0.15) is 18.1 Å². The molecule has 17 heavy (non-hydrogen) atoms. The third kappa shape index (κ3) is 2.10. The molecule has 0 saturated carbocycles. The van der Waals surface area contributed by atoms with E-state index in [1.807, 2.05) is 0 Å². The first-order valence-electron chi connectivity index (χ1n) is 5.43. The van der Waals surface area contributed by atoms with Gasteiger partial charge in [0, 0.05) is 6.54 Å². The Labute approximate surface area is 98.2 Å². The molecule has 0 bridgehead atoms. The summed E-state index contributed by atoms with van der Waals surface area (Å²) in [4.78, 5) is 11.0. The number of benzene rings is 1. The Morgan fingerprint density at radius 3 is 2.94 bits per heavy atom. The van der Waals surface area contributed by atoms with Crippen molar-refractivity contribution in [1.29, 1.82) is 0 Å². The van der Waals surface area contributed by atoms with Crippen LogP contribution in [0.3, 0.4) is 0 Å². The molecule has 0 aliphatic carbocycles. The van der Waals surface area contributed by atoms with Crippen molar-refractivity contribution in [2.24, 2.45) is 11.7 Å². The minimum atomic E-state index is -0.929. The number of ether oxygens (including phenoxy) is 1. The van der Waals surface area contributed by atoms with E-state index in [-0.39, 0.29) is 18.7 Å². The highest BCUT2D eigenvalue weighted by Gasteiger charge is 2.33. The van der Waals surface area contributed by atoms with Crippen LogP contribution in [0.15, 0.2) is 12.1 Å². The SMILES string of the molecule is CC1Oc2c(F)cc(CN)cc2CC1C(=O)O. The molecule has 2 rings (SSSR count). The van der Waals surface area contributed by atoms with Crippen LogP contribution in [0.2, 0.25) is 0 Å². The lowest BCUT2D eigenvalue weighted by Gasteiger charge is -2.29. The van der Waals surface area contributed by atoms with Gasteiger partial charge >= 0.3 is 5.97 Å². The van der Waals surface area contributed by atoms with Gasteiger partial charge in [-0.3, -0.25) is 4.79 Å². The lowest BCUT2D eigenvalue weighted by atomic mass is 9.90. The molecule has 2 unspecified atom stereocenters. The van der Waals surface area contributed by atoms with Crippen molar-refractivity contribution < 1.29 is 19.0 Å². The number of hydrogen-bond donors (Lipinski definition) is 2. The van der Waals surface area contributed by atoms with E-state index < -0.39 is 23.8 Å². The van der Waals surface area contributed by atoms with Crippen molar-refractivity contribution in [2.45, 2.75) is 26.0 Å². The van der Waals surface area contributed by atoms with Gasteiger partial charge in [-0.25, -0.2) is 4.39 Å². The average Bonchev–Trinajstić information content (AvgIpc) is 2.28. The summed E-state index contributed by atoms with van der Waals surface area (Å²) in [5, 5.41) is 9.03. The van der Waals surface area contributed by atoms with Gasteiger partial charge in [0.25, 0.3) is 0 Å². The van der Waals surface area contributed by atoms with Gasteiger partial charge < -0.3 is 15.6 Å². The van der Waals surface area contributed by atoms with Crippen molar-refractivity contribution in [3.8, 4) is 5.75 Å². The molecular formula is C12H14FNO3. The molecule has 1 heterocycles. The lowest BCUT2D eigenvalue weighted by molar-refractivity contribution is -0.145. The quantitative estimate of drug-likeness (QED) is 0.816. The molecule has 0 saturated heterocycles. The number of halogens is 1. The fraction of sp³-hybridized carbons (Fsp3) is 0.417. The summed E-state index contributed by atoms with van der Waals surface area (Å²) < 4.78 is 19.0. The molecule has 4 nitrogen and oxygen atoms in total. The van der Waals surface area contributed by atoms with Crippen LogP contribution in [0.25, 0.3) is 0 Å². The minimum Gasteiger partial charge on any atom is -0.486 e. The van der Waals surface area contributed by atoms with Gasteiger partial charge in [0.05, 0.1) is 5.92 Å². The van der Waals surface area contributed by atoms with Gasteiger partial charge in [0.1, 0.15) is 6.10 Å². The molecule has 92 valence electrons. The molecule has 0 fully saturated rings. The van der Waals surface area contributed by atoms with Crippen LogP contribution in [0, 0.1) is 11.7 Å². The van der Waals surface area contributed by atoms with Gasteiger partial charge in [-0.2, -0.15) is 0 Å². The summed E-state index contributed by atoms with van der Waals surface area (Å²) >= 11 is 0. The Morgan fingerprint density at radius 1 is 1.65 bits per heavy atom. The Balaban J connectivity index is 2.41. The van der Waals surface area contributed by atoms with E-state index in [0.717, 1.165) is 0 Å². The van der Waals surface area contributed by atoms with E-state index >= 15 is 0 Å². The zero-order valence-electron chi connectivity index (χ0n) is 9.44. The molecule has 1 aliphatic rings. The highest BCUT2D eigenvalue weighted by molar-refractivity contribution is 5.72. The topological polar surface area (TPSA) is 72.5 Å². The van der Waals surface area contributed by atoms with Gasteiger partial charge in [0.15, 0.2) is 11.6 Å². The standard InChI is InChI=1S/C12H14FNO3/c1-6-9(12(15)16)4-8-2-7(5-14)3-10(13)11(8)17-6/h2-3,6,9H,4-5,14H2,1H3,(H,15,16). The fourth-order valence-corrected chi connectivity index (χ4v) is 2.07. The van der Waals surface area contributed by atoms with Crippen LogP contribution < -0.4 is 10.5 Å². The van der Waals surface area contributed by atoms with Crippen LogP contribution in [-0.2, 0) is 17.8 Å². The minimum absolute atomic E-state index is 0.159. The van der Waals surface area contributed by atoms with Crippen molar-refractivity contribution in [1.82, 2.24) is 0 Å². The van der Waals surface area contributed by atoms with Crippen LogP contribution in [-0.4, -0.2) is 17.2 Å². The largest absolute Gasteiger partial charge is 0.486 e. The van der Waals surface area contributed by atoms with Crippen LogP contribution in [0.4, 0.5) is 4.39 Å². The second kappa shape index (κ2) is 4.33. The Bertz CT molecular complexity index is 461. The summed E-state index contributed by atoms with van der Waals surface area (Å²) in [6.45, 7) is 1.86. The van der Waals surface area contributed by atoms with Gasteiger partial charge in [-0.1, -0.05) is 6.07 Å². The number of hydrogen-bond acceptors (Lipinski definition) is 3. The van der Waals surface area contributed by atoms with E-state index in [1.54, 1.807) is 13.0 Å². The second-order valence-electron chi connectivity index (χ2n) is 4.24. The molecule has 0 radical (unpaired) electrons. The predicted octanol–water partition coefficient (Wildman–Crippen LogP) is 1.31. The summed E-state index contributed by atoms with van der Waals surface area (Å²) in [6.07, 6.45) is -0.255. The maximum atomic E-state index is 13.7. The summed E-state index contributed by atoms with van der Waals surface area (Å²) in [5.41, 5.74) is 6.67. The Morgan fingerprint density at radius 2 is 2.35 bits per heavy atom. The normalized spacial score (nSPS) is 22.8. The average molecular weight is 239 g/mol. The van der Waals surface area contributed by atoms with Gasteiger partial charge in [-0.15, -0.1) is 0 Å². The highest BCUT2D eigenvalue weighted by Crippen LogP contribution is 2.34. The summed E-state index contributed by atoms with van der Waals surface area (Å²) in [7, 11) is 0. The van der Waals surface area contributed by atoms with Crippen LogP contribution in [0.5, 0.6) is 5.75 Å². The van der Waals surface area contributed by atoms with Crippen LogP contribution >= 0.6 is 0 Å². The number of carboxylic acids is 1. The van der Waals surface area contributed by atoms with Crippen molar-refractivity contribution in [3.63, 3.8) is 0 Å². The van der Waals surface area contributed by atoms with E-state index in [1.165, 1.54) is 6.07 Å². The zero-order valence-corrected chi connectivity index (χ0v) is 9.44. The molecule has 1 aromatic rings. The van der Waals surface area contributed by atoms with Gasteiger partial charge in [0.2, 0.25) is 0 Å². The number of fused-ring (bicyclic) bond motifs is 1. The molecular weight excluding hydrogens is 225 g/mol. The fourth-order valence-electron chi connectivity index (χ4n) is 2.07. The molecule has 0 spiro atoms. The lowest BCUT2D eigenvalue weighted by Crippen LogP contribution is -2.36. The molecule has 1 aliphatic heterocycles. The van der Waals surface area contributed by atoms with E-state index in [2.05, 4.69) is 0 Å². The predicted molar refractivity (Wildman–Crippen MR) is 59.2 cm³/mol. The van der Waals surface area contributed by atoms with Gasteiger partial charge in [-0.05, 0) is 30.5 Å². The third-order valence-electron chi connectivity index (χ3n) is 3.04. The molecule has 2 atom stereocenters. The van der Waals surface area contributed by atoms with E-state index in [9.17, 15) is 9.18 Å². The molecule has 1 aromatic carbocycles. The van der Waals surface area contributed by atoms with E-state index in [0.29, 0.717) is 11.1 Å². The monoisotopic (exact) mass is 239 g/mol.